The van der Waals surface area contributed by atoms with E-state index in [0.29, 0.717) is 5.57 Å². The fourth-order valence-corrected chi connectivity index (χ4v) is 5.66. The first kappa shape index (κ1) is 23.4. The number of nitrogens with one attached hydrogen (secondary N) is 3. The van der Waals surface area contributed by atoms with Gasteiger partial charge < -0.3 is 10.6 Å². The highest BCUT2D eigenvalue weighted by Crippen LogP contribution is 2.42. The molecule has 0 aromatic heterocycles. The Morgan fingerprint density at radius 1 is 1.20 bits per heavy atom. The molecule has 0 radical (unpaired) electrons. The van der Waals surface area contributed by atoms with Gasteiger partial charge in [0.1, 0.15) is 0 Å². The first-order valence-corrected chi connectivity index (χ1v) is 12.8. The SMILES string of the molecule is CCCC1=NNC(=O)C1=C1C=C(Sc2ccc(NC(=O)C3CCCN3C)cc2)c2ccccc2N1. The van der Waals surface area contributed by atoms with Gasteiger partial charge in [0.15, 0.2) is 0 Å². The Hall–Kier alpha value is -3.36. The van der Waals surface area contributed by atoms with E-state index in [9.17, 15) is 9.59 Å². The van der Waals surface area contributed by atoms with Crippen molar-refractivity contribution in [3.8, 4) is 0 Å². The van der Waals surface area contributed by atoms with Gasteiger partial charge >= 0.3 is 0 Å². The summed E-state index contributed by atoms with van der Waals surface area (Å²) >= 11 is 1.63. The zero-order valence-electron chi connectivity index (χ0n) is 19.9. The van der Waals surface area contributed by atoms with Crippen LogP contribution in [0.5, 0.6) is 0 Å². The molecule has 1 atom stereocenters. The Morgan fingerprint density at radius 3 is 2.74 bits per heavy atom. The average Bonchev–Trinajstić information content (AvgIpc) is 3.45. The lowest BCUT2D eigenvalue weighted by molar-refractivity contribution is -0.120. The second-order valence-electron chi connectivity index (χ2n) is 8.97. The molecular formula is C27H29N5O2S. The number of benzene rings is 2. The summed E-state index contributed by atoms with van der Waals surface area (Å²) in [6.07, 6.45) is 5.64. The first-order chi connectivity index (χ1) is 17.0. The maximum atomic E-state index is 12.6. The number of thioether (sulfide) groups is 1. The van der Waals surface area contributed by atoms with Crippen LogP contribution in [0.15, 0.2) is 75.9 Å². The summed E-state index contributed by atoms with van der Waals surface area (Å²) < 4.78 is 0. The van der Waals surface area contributed by atoms with Gasteiger partial charge in [0, 0.05) is 26.7 Å². The molecule has 2 amide bonds. The third-order valence-corrected chi connectivity index (χ3v) is 7.54. The largest absolute Gasteiger partial charge is 0.354 e. The molecule has 0 aliphatic carbocycles. The van der Waals surface area contributed by atoms with Crippen LogP contribution >= 0.6 is 11.8 Å². The van der Waals surface area contributed by atoms with Crippen LogP contribution in [0, 0.1) is 0 Å². The minimum atomic E-state index is -0.177. The monoisotopic (exact) mass is 487 g/mol. The van der Waals surface area contributed by atoms with Crippen molar-refractivity contribution in [2.75, 3.05) is 24.2 Å². The molecule has 3 N–H and O–H groups in total. The normalized spacial score (nSPS) is 21.7. The van der Waals surface area contributed by atoms with Crippen molar-refractivity contribution >= 4 is 45.6 Å². The predicted octanol–water partition coefficient (Wildman–Crippen LogP) is 4.82. The molecule has 35 heavy (non-hydrogen) atoms. The van der Waals surface area contributed by atoms with E-state index in [1.54, 1.807) is 11.8 Å². The van der Waals surface area contributed by atoms with E-state index in [4.69, 9.17) is 0 Å². The molecule has 3 aliphatic rings. The molecule has 0 bridgehead atoms. The van der Waals surface area contributed by atoms with Gasteiger partial charge in [-0.25, -0.2) is 5.43 Å². The number of likely N-dealkylation sites (N-methyl/N-ethyl adjacent to an activating group) is 1. The molecule has 5 rings (SSSR count). The molecule has 2 aromatic carbocycles. The first-order valence-electron chi connectivity index (χ1n) is 12.0. The molecular weight excluding hydrogens is 458 g/mol. The van der Waals surface area contributed by atoms with Crippen molar-refractivity contribution in [1.29, 1.82) is 0 Å². The number of anilines is 2. The fourth-order valence-electron chi connectivity index (χ4n) is 4.67. The number of amides is 2. The van der Waals surface area contributed by atoms with Crippen LogP contribution in [0.1, 0.15) is 38.2 Å². The highest BCUT2D eigenvalue weighted by molar-refractivity contribution is 8.08. The molecule has 3 aliphatic heterocycles. The highest BCUT2D eigenvalue weighted by Gasteiger charge is 2.29. The number of nitrogens with zero attached hydrogens (tertiary/aromatic N) is 2. The smallest absolute Gasteiger partial charge is 0.275 e. The zero-order chi connectivity index (χ0) is 24.4. The van der Waals surface area contributed by atoms with E-state index < -0.39 is 0 Å². The Labute approximate surface area is 209 Å². The lowest BCUT2D eigenvalue weighted by Crippen LogP contribution is -2.37. The number of carbonyl (C=O) groups is 2. The summed E-state index contributed by atoms with van der Waals surface area (Å²) in [7, 11) is 2.00. The van der Waals surface area contributed by atoms with Gasteiger partial charge in [-0.15, -0.1) is 0 Å². The van der Waals surface area contributed by atoms with Crippen LogP contribution in [-0.2, 0) is 9.59 Å². The van der Waals surface area contributed by atoms with E-state index in [-0.39, 0.29) is 17.9 Å². The van der Waals surface area contributed by atoms with Gasteiger partial charge in [0.05, 0.1) is 23.0 Å². The average molecular weight is 488 g/mol. The molecule has 1 saturated heterocycles. The predicted molar refractivity (Wildman–Crippen MR) is 142 cm³/mol. The zero-order valence-corrected chi connectivity index (χ0v) is 20.7. The van der Waals surface area contributed by atoms with Crippen LogP contribution in [0.3, 0.4) is 0 Å². The number of fused-ring (bicyclic) bond motifs is 1. The fraction of sp³-hybridized carbons (Fsp3) is 0.296. The van der Waals surface area contributed by atoms with Crippen LogP contribution in [0.25, 0.3) is 4.91 Å². The van der Waals surface area contributed by atoms with Gasteiger partial charge in [0.25, 0.3) is 5.91 Å². The van der Waals surface area contributed by atoms with Crippen molar-refractivity contribution in [2.24, 2.45) is 5.10 Å². The Kier molecular flexibility index (Phi) is 6.74. The summed E-state index contributed by atoms with van der Waals surface area (Å²) in [5, 5.41) is 10.7. The van der Waals surface area contributed by atoms with Crippen molar-refractivity contribution < 1.29 is 9.59 Å². The van der Waals surface area contributed by atoms with E-state index in [0.717, 1.165) is 70.4 Å². The van der Waals surface area contributed by atoms with Crippen LogP contribution in [0.4, 0.5) is 11.4 Å². The second-order valence-corrected chi connectivity index (χ2v) is 10.1. The molecule has 7 nitrogen and oxygen atoms in total. The highest BCUT2D eigenvalue weighted by atomic mass is 32.2. The lowest BCUT2D eigenvalue weighted by Gasteiger charge is -2.22. The summed E-state index contributed by atoms with van der Waals surface area (Å²) in [6.45, 7) is 3.04. The second kappa shape index (κ2) is 10.1. The Morgan fingerprint density at radius 2 is 2.00 bits per heavy atom. The van der Waals surface area contributed by atoms with Gasteiger partial charge in [-0.2, -0.15) is 5.10 Å². The molecule has 180 valence electrons. The number of allylic oxidation sites excluding steroid dienone is 1. The summed E-state index contributed by atoms with van der Waals surface area (Å²) in [4.78, 5) is 29.4. The third kappa shape index (κ3) is 4.90. The minimum Gasteiger partial charge on any atom is -0.354 e. The van der Waals surface area contributed by atoms with E-state index >= 15 is 0 Å². The van der Waals surface area contributed by atoms with Crippen LogP contribution in [-0.4, -0.2) is 42.1 Å². The van der Waals surface area contributed by atoms with Crippen molar-refractivity contribution in [1.82, 2.24) is 10.3 Å². The van der Waals surface area contributed by atoms with Crippen molar-refractivity contribution in [3.05, 3.63) is 71.4 Å². The number of likely N-dealkylation sites (tertiary alicyclic amines) is 1. The Balaban J connectivity index is 1.39. The lowest BCUT2D eigenvalue weighted by atomic mass is 10.0. The van der Waals surface area contributed by atoms with Crippen LogP contribution < -0.4 is 16.1 Å². The summed E-state index contributed by atoms with van der Waals surface area (Å²) in [5.74, 6) is -0.125. The topological polar surface area (TPSA) is 85.8 Å². The molecule has 3 heterocycles. The van der Waals surface area contributed by atoms with Gasteiger partial charge in [0.2, 0.25) is 5.91 Å². The van der Waals surface area contributed by atoms with Gasteiger partial charge in [-0.05, 0) is 69.3 Å². The molecule has 2 aromatic rings. The van der Waals surface area contributed by atoms with E-state index in [1.165, 1.54) is 0 Å². The molecule has 1 unspecified atom stereocenters. The molecule has 0 spiro atoms. The summed E-state index contributed by atoms with van der Waals surface area (Å²) in [5.41, 5.74) is 7.60. The quantitative estimate of drug-likeness (QED) is 0.509. The van der Waals surface area contributed by atoms with Crippen molar-refractivity contribution in [2.45, 2.75) is 43.5 Å². The number of hydrogen-bond acceptors (Lipinski definition) is 6. The van der Waals surface area contributed by atoms with Crippen molar-refractivity contribution in [3.63, 3.8) is 0 Å². The number of hydrazone groups is 1. The number of carbonyl (C=O) groups excluding carboxylic acids is 2. The maximum absolute atomic E-state index is 12.6. The van der Waals surface area contributed by atoms with E-state index in [2.05, 4.69) is 39.1 Å². The van der Waals surface area contributed by atoms with Crippen LogP contribution in [0.2, 0.25) is 0 Å². The van der Waals surface area contributed by atoms with Gasteiger partial charge in [-0.1, -0.05) is 43.3 Å². The Bertz CT molecular complexity index is 1250. The number of rotatable bonds is 6. The number of hydrogen-bond donors (Lipinski definition) is 3. The molecule has 1 fully saturated rings. The molecule has 8 heteroatoms. The standard InChI is InChI=1S/C27H29N5O2S/c1-3-7-21-25(27(34)31-30-21)22-16-24(19-8-4-5-9-20(19)29-22)35-18-13-11-17(12-14-18)28-26(33)23-10-6-15-32(23)2/h4-5,8-9,11-14,16,23,29H,3,6-7,10,15H2,1-2H3,(H,28,33)(H,31,34). The third-order valence-electron chi connectivity index (χ3n) is 6.47. The van der Waals surface area contributed by atoms with E-state index in [1.807, 2.05) is 55.6 Å². The maximum Gasteiger partial charge on any atom is 0.275 e. The minimum absolute atomic E-state index is 0.0519. The van der Waals surface area contributed by atoms with Gasteiger partial charge in [-0.3, -0.25) is 14.5 Å². The summed E-state index contributed by atoms with van der Waals surface area (Å²) in [6, 6.07) is 16.0. The number of para-hydroxylation sites is 1. The molecule has 0 saturated carbocycles.